The number of carbonyl (C=O) groups excluding carboxylic acids is 3. The molecule has 0 atom stereocenters. The molecule has 1 heterocycles. The van der Waals surface area contributed by atoms with E-state index in [4.69, 9.17) is 5.26 Å². The quantitative estimate of drug-likeness (QED) is 0.613. The van der Waals surface area contributed by atoms with E-state index in [9.17, 15) is 14.4 Å². The summed E-state index contributed by atoms with van der Waals surface area (Å²) in [6.45, 7) is 0. The molecule has 0 saturated carbocycles. The van der Waals surface area contributed by atoms with E-state index in [0.717, 1.165) is 0 Å². The SMILES string of the molecule is N#Cc1ccccc1C=CC=C1C(=O)NC(=O)NC1=O. The Kier molecular flexibility index (Phi) is 3.72. The fourth-order valence-corrected chi connectivity index (χ4v) is 1.62. The number of benzene rings is 1. The average molecular weight is 267 g/mol. The molecule has 1 aromatic rings. The Hall–Kier alpha value is -3.20. The zero-order valence-electron chi connectivity index (χ0n) is 10.2. The summed E-state index contributed by atoms with van der Waals surface area (Å²) in [5.74, 6) is -1.51. The number of urea groups is 1. The lowest BCUT2D eigenvalue weighted by Gasteiger charge is -2.12. The minimum atomic E-state index is -0.837. The van der Waals surface area contributed by atoms with Gasteiger partial charge in [-0.2, -0.15) is 5.26 Å². The first-order valence-electron chi connectivity index (χ1n) is 5.66. The van der Waals surface area contributed by atoms with E-state index in [1.165, 1.54) is 12.2 Å². The van der Waals surface area contributed by atoms with Gasteiger partial charge in [-0.25, -0.2) is 4.79 Å². The summed E-state index contributed by atoms with van der Waals surface area (Å²) < 4.78 is 0. The third-order valence-electron chi connectivity index (χ3n) is 2.56. The minimum absolute atomic E-state index is 0.171. The maximum atomic E-state index is 11.4. The van der Waals surface area contributed by atoms with Crippen LogP contribution in [0, 0.1) is 11.3 Å². The maximum Gasteiger partial charge on any atom is 0.328 e. The minimum Gasteiger partial charge on any atom is -0.273 e. The van der Waals surface area contributed by atoms with Crippen LogP contribution in [0.15, 0.2) is 42.0 Å². The van der Waals surface area contributed by atoms with E-state index >= 15 is 0 Å². The molecule has 1 saturated heterocycles. The van der Waals surface area contributed by atoms with Crippen LogP contribution >= 0.6 is 0 Å². The Morgan fingerprint density at radius 2 is 1.70 bits per heavy atom. The summed E-state index contributed by atoms with van der Waals surface area (Å²) in [4.78, 5) is 33.7. The van der Waals surface area contributed by atoms with Gasteiger partial charge in [0.25, 0.3) is 11.8 Å². The van der Waals surface area contributed by atoms with Crippen LogP contribution in [0.3, 0.4) is 0 Å². The molecule has 0 bridgehead atoms. The third-order valence-corrected chi connectivity index (χ3v) is 2.56. The molecule has 6 nitrogen and oxygen atoms in total. The number of hydrogen-bond acceptors (Lipinski definition) is 4. The van der Waals surface area contributed by atoms with Gasteiger partial charge in [-0.1, -0.05) is 30.4 Å². The van der Waals surface area contributed by atoms with Crippen molar-refractivity contribution in [3.63, 3.8) is 0 Å². The van der Waals surface area contributed by atoms with Gasteiger partial charge in [-0.3, -0.25) is 20.2 Å². The summed E-state index contributed by atoms with van der Waals surface area (Å²) >= 11 is 0. The summed E-state index contributed by atoms with van der Waals surface area (Å²) in [5, 5.41) is 12.8. The monoisotopic (exact) mass is 267 g/mol. The van der Waals surface area contributed by atoms with Crippen LogP contribution in [0.4, 0.5) is 4.79 Å². The Bertz CT molecular complexity index is 674. The van der Waals surface area contributed by atoms with Gasteiger partial charge in [-0.15, -0.1) is 0 Å². The first-order valence-corrected chi connectivity index (χ1v) is 5.66. The lowest BCUT2D eigenvalue weighted by Crippen LogP contribution is -2.51. The smallest absolute Gasteiger partial charge is 0.273 e. The summed E-state index contributed by atoms with van der Waals surface area (Å²) in [7, 11) is 0. The molecule has 0 spiro atoms. The van der Waals surface area contributed by atoms with Crippen LogP contribution < -0.4 is 10.6 Å². The van der Waals surface area contributed by atoms with Crippen molar-refractivity contribution in [1.29, 1.82) is 5.26 Å². The van der Waals surface area contributed by atoms with Crippen LogP contribution in [0.5, 0.6) is 0 Å². The lowest BCUT2D eigenvalue weighted by molar-refractivity contribution is -0.124. The van der Waals surface area contributed by atoms with Gasteiger partial charge < -0.3 is 0 Å². The number of nitrogens with zero attached hydrogens (tertiary/aromatic N) is 1. The summed E-state index contributed by atoms with van der Waals surface area (Å²) in [5.41, 5.74) is 0.977. The number of nitriles is 1. The average Bonchev–Trinajstić information content (AvgIpc) is 2.42. The lowest BCUT2D eigenvalue weighted by atomic mass is 10.1. The second-order valence-corrected chi connectivity index (χ2v) is 3.88. The molecule has 20 heavy (non-hydrogen) atoms. The van der Waals surface area contributed by atoms with E-state index in [2.05, 4.69) is 0 Å². The highest BCUT2D eigenvalue weighted by Gasteiger charge is 2.26. The predicted octanol–water partition coefficient (Wildman–Crippen LogP) is 0.864. The molecule has 2 N–H and O–H groups in total. The van der Waals surface area contributed by atoms with Gasteiger partial charge in [0.1, 0.15) is 5.57 Å². The second kappa shape index (κ2) is 5.63. The molecule has 1 aliphatic heterocycles. The topological polar surface area (TPSA) is 99.1 Å². The Morgan fingerprint density at radius 3 is 2.35 bits per heavy atom. The molecule has 1 aliphatic rings. The van der Waals surface area contributed by atoms with Gasteiger partial charge in [0.05, 0.1) is 11.6 Å². The van der Waals surface area contributed by atoms with Crippen molar-refractivity contribution in [2.75, 3.05) is 0 Å². The molecular formula is C14H9N3O3. The molecule has 2 rings (SSSR count). The van der Waals surface area contributed by atoms with Crippen molar-refractivity contribution < 1.29 is 14.4 Å². The van der Waals surface area contributed by atoms with Gasteiger partial charge in [-0.05, 0) is 17.7 Å². The number of allylic oxidation sites excluding steroid dienone is 2. The van der Waals surface area contributed by atoms with E-state index in [1.807, 2.05) is 16.7 Å². The van der Waals surface area contributed by atoms with Gasteiger partial charge >= 0.3 is 6.03 Å². The van der Waals surface area contributed by atoms with E-state index in [1.54, 1.807) is 30.3 Å². The van der Waals surface area contributed by atoms with Crippen molar-refractivity contribution >= 4 is 23.9 Å². The number of amides is 4. The number of imide groups is 2. The van der Waals surface area contributed by atoms with Crippen LogP contribution in [-0.2, 0) is 9.59 Å². The number of carbonyl (C=O) groups is 3. The van der Waals surface area contributed by atoms with Crippen LogP contribution in [0.2, 0.25) is 0 Å². The van der Waals surface area contributed by atoms with Crippen molar-refractivity contribution in [1.82, 2.24) is 10.6 Å². The zero-order valence-corrected chi connectivity index (χ0v) is 10.2. The second-order valence-electron chi connectivity index (χ2n) is 3.88. The molecule has 0 unspecified atom stereocenters. The summed E-state index contributed by atoms with van der Waals surface area (Å²) in [6, 6.07) is 8.10. The largest absolute Gasteiger partial charge is 0.328 e. The summed E-state index contributed by atoms with van der Waals surface area (Å²) in [6.07, 6.45) is 4.36. The fourth-order valence-electron chi connectivity index (χ4n) is 1.62. The molecule has 6 heteroatoms. The van der Waals surface area contributed by atoms with Crippen molar-refractivity contribution in [2.45, 2.75) is 0 Å². The van der Waals surface area contributed by atoms with E-state index < -0.39 is 17.8 Å². The highest BCUT2D eigenvalue weighted by molar-refractivity contribution is 6.29. The Morgan fingerprint density at radius 1 is 1.05 bits per heavy atom. The maximum absolute atomic E-state index is 11.4. The van der Waals surface area contributed by atoms with Gasteiger partial charge in [0.15, 0.2) is 0 Å². The van der Waals surface area contributed by atoms with Crippen molar-refractivity contribution in [2.24, 2.45) is 0 Å². The van der Waals surface area contributed by atoms with E-state index in [0.29, 0.717) is 11.1 Å². The molecule has 1 fully saturated rings. The highest BCUT2D eigenvalue weighted by Crippen LogP contribution is 2.10. The van der Waals surface area contributed by atoms with Crippen molar-refractivity contribution in [3.05, 3.63) is 53.1 Å². The van der Waals surface area contributed by atoms with Crippen LogP contribution in [-0.4, -0.2) is 17.8 Å². The van der Waals surface area contributed by atoms with Gasteiger partial charge in [0, 0.05) is 0 Å². The molecule has 4 amide bonds. The van der Waals surface area contributed by atoms with Crippen LogP contribution in [0.25, 0.3) is 6.08 Å². The molecule has 0 aromatic heterocycles. The number of barbiturate groups is 1. The number of nitrogens with one attached hydrogen (secondary N) is 2. The normalized spacial score (nSPS) is 14.8. The third kappa shape index (κ3) is 2.79. The van der Waals surface area contributed by atoms with Gasteiger partial charge in [0.2, 0.25) is 0 Å². The molecule has 98 valence electrons. The highest BCUT2D eigenvalue weighted by atomic mass is 16.2. The first kappa shape index (κ1) is 13.2. The van der Waals surface area contributed by atoms with E-state index in [-0.39, 0.29) is 5.57 Å². The van der Waals surface area contributed by atoms with Crippen molar-refractivity contribution in [3.8, 4) is 6.07 Å². The molecule has 0 aliphatic carbocycles. The predicted molar refractivity (Wildman–Crippen MR) is 70.0 cm³/mol. The zero-order chi connectivity index (χ0) is 14.5. The standard InChI is InChI=1S/C14H9N3O3/c15-8-10-5-2-1-4-9(10)6-3-7-11-12(18)16-14(20)17-13(11)19/h1-7H,(H2,16,17,18,19,20). The molecular weight excluding hydrogens is 258 g/mol. The Labute approximate surface area is 114 Å². The number of hydrogen-bond donors (Lipinski definition) is 2. The molecule has 1 aromatic carbocycles. The Balaban J connectivity index is 2.22. The molecule has 0 radical (unpaired) electrons. The number of rotatable bonds is 2. The van der Waals surface area contributed by atoms with Crippen LogP contribution in [0.1, 0.15) is 11.1 Å². The fraction of sp³-hybridized carbons (Fsp3) is 0. The first-order chi connectivity index (χ1) is 9.61.